The van der Waals surface area contributed by atoms with E-state index in [1.165, 1.54) is 33.0 Å². The maximum atomic E-state index is 7.05. The average molecular weight is 653 g/mol. The fourth-order valence-electron chi connectivity index (χ4n) is 7.59. The van der Waals surface area contributed by atoms with E-state index >= 15 is 0 Å². The van der Waals surface area contributed by atoms with Gasteiger partial charge in [-0.05, 0) is 58.7 Å². The second-order valence-electron chi connectivity index (χ2n) is 13.0. The minimum absolute atomic E-state index is 0.850. The first kappa shape index (κ1) is 29.1. The number of furan rings is 1. The highest BCUT2D eigenvalue weighted by atomic mass is 16.3. The molecule has 3 heteroatoms. The number of aromatic amines is 1. The minimum atomic E-state index is 0.850. The molecule has 0 spiro atoms. The number of benzene rings is 8. The number of nitrogens with one attached hydrogen (secondary N) is 1. The lowest BCUT2D eigenvalue weighted by atomic mass is 9.99. The van der Waals surface area contributed by atoms with Crippen molar-refractivity contribution < 1.29 is 4.42 Å². The van der Waals surface area contributed by atoms with Crippen LogP contribution in [0.5, 0.6) is 0 Å². The van der Waals surface area contributed by atoms with Crippen molar-refractivity contribution in [2.45, 2.75) is 0 Å². The van der Waals surface area contributed by atoms with Crippen LogP contribution in [0.3, 0.4) is 0 Å². The Labute approximate surface area is 295 Å². The molecule has 10 rings (SSSR count). The summed E-state index contributed by atoms with van der Waals surface area (Å²) in [5, 5.41) is 4.61. The van der Waals surface area contributed by atoms with Gasteiger partial charge in [0.15, 0.2) is 5.58 Å². The molecule has 0 aliphatic heterocycles. The van der Waals surface area contributed by atoms with Crippen LogP contribution in [0.2, 0.25) is 0 Å². The highest BCUT2D eigenvalue weighted by Gasteiger charge is 2.22. The number of rotatable bonds is 6. The molecule has 240 valence electrons. The highest BCUT2D eigenvalue weighted by Crippen LogP contribution is 2.45. The molecule has 0 fully saturated rings. The summed E-state index contributed by atoms with van der Waals surface area (Å²) in [4.78, 5) is 6.01. The number of anilines is 3. The van der Waals surface area contributed by atoms with Crippen molar-refractivity contribution in [1.29, 1.82) is 0 Å². The molecule has 0 saturated carbocycles. The van der Waals surface area contributed by atoms with Crippen LogP contribution >= 0.6 is 0 Å². The quantitative estimate of drug-likeness (QED) is 0.194. The molecule has 0 amide bonds. The Morgan fingerprint density at radius 1 is 0.353 bits per heavy atom. The third-order valence-electron chi connectivity index (χ3n) is 10.0. The van der Waals surface area contributed by atoms with E-state index < -0.39 is 0 Å². The van der Waals surface area contributed by atoms with Crippen LogP contribution in [0.15, 0.2) is 192 Å². The van der Waals surface area contributed by atoms with Crippen LogP contribution < -0.4 is 4.90 Å². The van der Waals surface area contributed by atoms with Gasteiger partial charge in [-0.15, -0.1) is 0 Å². The van der Waals surface area contributed by atoms with Crippen molar-refractivity contribution >= 4 is 60.8 Å². The summed E-state index contributed by atoms with van der Waals surface area (Å²) in [6.07, 6.45) is 0. The van der Waals surface area contributed by atoms with Gasteiger partial charge in [0.05, 0.1) is 11.2 Å². The Morgan fingerprint density at radius 2 is 0.843 bits per heavy atom. The average Bonchev–Trinajstić information content (AvgIpc) is 3.79. The molecule has 0 unspecified atom stereocenters. The molecule has 0 bridgehead atoms. The van der Waals surface area contributed by atoms with E-state index in [1.807, 2.05) is 0 Å². The Balaban J connectivity index is 1.16. The fraction of sp³-hybridized carbons (Fsp3) is 0. The number of para-hydroxylation sites is 4. The molecule has 0 atom stereocenters. The Morgan fingerprint density at radius 3 is 1.49 bits per heavy atom. The molecule has 0 aliphatic rings. The number of nitrogens with zero attached hydrogens (tertiary/aromatic N) is 1. The Bertz CT molecular complexity index is 2750. The molecule has 2 heterocycles. The maximum Gasteiger partial charge on any atom is 0.159 e. The molecule has 0 aliphatic carbocycles. The summed E-state index contributed by atoms with van der Waals surface area (Å²) in [7, 11) is 0. The van der Waals surface area contributed by atoms with E-state index in [-0.39, 0.29) is 0 Å². The summed E-state index contributed by atoms with van der Waals surface area (Å²) >= 11 is 0. The fourth-order valence-corrected chi connectivity index (χ4v) is 7.59. The van der Waals surface area contributed by atoms with Crippen molar-refractivity contribution in [2.75, 3.05) is 4.90 Å². The van der Waals surface area contributed by atoms with Gasteiger partial charge >= 0.3 is 0 Å². The predicted molar refractivity (Wildman–Crippen MR) is 214 cm³/mol. The summed E-state index contributed by atoms with van der Waals surface area (Å²) in [6, 6.07) is 66.7. The van der Waals surface area contributed by atoms with Crippen molar-refractivity contribution in [1.82, 2.24) is 4.98 Å². The lowest BCUT2D eigenvalue weighted by Crippen LogP contribution is -2.10. The van der Waals surface area contributed by atoms with Gasteiger partial charge in [-0.25, -0.2) is 0 Å². The lowest BCUT2D eigenvalue weighted by molar-refractivity contribution is 0.670. The second-order valence-corrected chi connectivity index (χ2v) is 13.0. The second kappa shape index (κ2) is 11.9. The standard InChI is InChI=1S/C48H32N2O/c1-3-12-32(13-4-1)34-24-28-36(29-25-34)50(37-30-26-35(27-31-37)33-14-5-2-6-15-33)45-23-11-21-43-42-20-10-19-41(47(42)51-48(43)45)40-18-9-17-39-38-16-7-8-22-44(38)49-46(39)40/h1-31,49H. The van der Waals surface area contributed by atoms with E-state index in [4.69, 9.17) is 4.42 Å². The predicted octanol–water partition coefficient (Wildman–Crippen LogP) is 13.7. The normalized spacial score (nSPS) is 11.5. The SMILES string of the molecule is c1ccc(-c2ccc(N(c3ccc(-c4ccccc4)cc3)c3cccc4c3oc3c(-c5cccc6c5[nH]c5ccccc56)cccc34)cc2)cc1. The number of aromatic nitrogens is 1. The first-order chi connectivity index (χ1) is 25.3. The number of hydrogen-bond donors (Lipinski definition) is 1. The summed E-state index contributed by atoms with van der Waals surface area (Å²) in [5.41, 5.74) is 14.0. The highest BCUT2D eigenvalue weighted by molar-refractivity contribution is 6.17. The summed E-state index contributed by atoms with van der Waals surface area (Å²) in [5.74, 6) is 0. The van der Waals surface area contributed by atoms with Crippen molar-refractivity contribution in [3.8, 4) is 33.4 Å². The lowest BCUT2D eigenvalue weighted by Gasteiger charge is -2.26. The van der Waals surface area contributed by atoms with Gasteiger partial charge in [-0.2, -0.15) is 0 Å². The third kappa shape index (κ3) is 4.90. The summed E-state index contributed by atoms with van der Waals surface area (Å²) in [6.45, 7) is 0. The number of hydrogen-bond acceptors (Lipinski definition) is 2. The molecule has 1 N–H and O–H groups in total. The molecule has 10 aromatic rings. The Kier molecular flexibility index (Phi) is 6.81. The van der Waals surface area contributed by atoms with Crippen molar-refractivity contribution in [3.63, 3.8) is 0 Å². The van der Waals surface area contributed by atoms with Crippen molar-refractivity contribution in [2.24, 2.45) is 0 Å². The molecule has 2 aromatic heterocycles. The molecule has 0 saturated heterocycles. The van der Waals surface area contributed by atoms with E-state index in [2.05, 4.69) is 198 Å². The van der Waals surface area contributed by atoms with Gasteiger partial charge in [0, 0.05) is 49.6 Å². The first-order valence-electron chi connectivity index (χ1n) is 17.4. The van der Waals surface area contributed by atoms with E-state index in [9.17, 15) is 0 Å². The molecular weight excluding hydrogens is 621 g/mol. The van der Waals surface area contributed by atoms with E-state index in [0.29, 0.717) is 0 Å². The molecule has 3 nitrogen and oxygen atoms in total. The zero-order valence-corrected chi connectivity index (χ0v) is 27.8. The van der Waals surface area contributed by atoms with Crippen LogP contribution in [0.4, 0.5) is 17.1 Å². The molecule has 0 radical (unpaired) electrons. The zero-order chi connectivity index (χ0) is 33.7. The van der Waals surface area contributed by atoms with Gasteiger partial charge in [0.25, 0.3) is 0 Å². The monoisotopic (exact) mass is 652 g/mol. The van der Waals surface area contributed by atoms with E-state index in [1.54, 1.807) is 0 Å². The summed E-state index contributed by atoms with van der Waals surface area (Å²) < 4.78 is 7.05. The van der Waals surface area contributed by atoms with Gasteiger partial charge in [0.1, 0.15) is 5.58 Å². The van der Waals surface area contributed by atoms with Crippen LogP contribution in [0.1, 0.15) is 0 Å². The topological polar surface area (TPSA) is 32.2 Å². The smallest absolute Gasteiger partial charge is 0.159 e. The van der Waals surface area contributed by atoms with Crippen molar-refractivity contribution in [3.05, 3.63) is 188 Å². The van der Waals surface area contributed by atoms with Crippen LogP contribution in [-0.2, 0) is 0 Å². The Hall–Kier alpha value is -6.84. The van der Waals surface area contributed by atoms with Gasteiger partial charge in [0.2, 0.25) is 0 Å². The largest absolute Gasteiger partial charge is 0.453 e. The zero-order valence-electron chi connectivity index (χ0n) is 27.8. The van der Waals surface area contributed by atoms with Gasteiger partial charge in [-0.3, -0.25) is 0 Å². The third-order valence-corrected chi connectivity index (χ3v) is 10.0. The van der Waals surface area contributed by atoms with Crippen LogP contribution in [-0.4, -0.2) is 4.98 Å². The van der Waals surface area contributed by atoms with Gasteiger partial charge in [-0.1, -0.05) is 152 Å². The maximum absolute atomic E-state index is 7.05. The van der Waals surface area contributed by atoms with Crippen LogP contribution in [0.25, 0.3) is 77.1 Å². The number of H-pyrrole nitrogens is 1. The van der Waals surface area contributed by atoms with E-state index in [0.717, 1.165) is 61.2 Å². The first-order valence-corrected chi connectivity index (χ1v) is 17.4. The molecular formula is C48H32N2O. The number of fused-ring (bicyclic) bond motifs is 6. The molecule has 51 heavy (non-hydrogen) atoms. The molecule has 8 aromatic carbocycles. The van der Waals surface area contributed by atoms with Gasteiger partial charge < -0.3 is 14.3 Å². The van der Waals surface area contributed by atoms with Crippen LogP contribution in [0, 0.1) is 0 Å². The minimum Gasteiger partial charge on any atom is -0.453 e.